The summed E-state index contributed by atoms with van der Waals surface area (Å²) >= 11 is 0. The lowest BCUT2D eigenvalue weighted by atomic mass is 9.99. The zero-order valence-electron chi connectivity index (χ0n) is 54.9. The minimum absolute atomic E-state index is 0.182. The molecule has 1 rings (SSSR count). The average molecular weight is 1180 g/mol. The van der Waals surface area contributed by atoms with Crippen molar-refractivity contribution in [3.8, 4) is 0 Å². The molecule has 0 aromatic carbocycles. The Hall–Kier alpha value is -2.37. The number of amides is 1. The second-order valence-corrected chi connectivity index (χ2v) is 25.0. The van der Waals surface area contributed by atoms with Gasteiger partial charge in [0.05, 0.1) is 25.4 Å². The van der Waals surface area contributed by atoms with Gasteiger partial charge in [0.1, 0.15) is 24.4 Å². The molecule has 0 bridgehead atoms. The van der Waals surface area contributed by atoms with E-state index in [1.807, 2.05) is 6.08 Å². The van der Waals surface area contributed by atoms with Gasteiger partial charge in [-0.3, -0.25) is 4.79 Å². The first kappa shape index (κ1) is 79.6. The van der Waals surface area contributed by atoms with Crippen molar-refractivity contribution in [2.24, 2.45) is 0 Å². The van der Waals surface area contributed by atoms with Crippen LogP contribution < -0.4 is 5.32 Å². The van der Waals surface area contributed by atoms with Crippen molar-refractivity contribution in [1.82, 2.24) is 5.32 Å². The third-order valence-electron chi connectivity index (χ3n) is 17.0. The van der Waals surface area contributed by atoms with Crippen LogP contribution in [0, 0.1) is 0 Å². The zero-order chi connectivity index (χ0) is 60.7. The number of aliphatic hydroxyl groups is 5. The van der Waals surface area contributed by atoms with E-state index in [1.165, 1.54) is 257 Å². The van der Waals surface area contributed by atoms with Crippen molar-refractivity contribution in [1.29, 1.82) is 0 Å². The van der Waals surface area contributed by atoms with Crippen LogP contribution in [0.15, 0.2) is 72.9 Å². The van der Waals surface area contributed by atoms with Crippen LogP contribution in [0.25, 0.3) is 0 Å². The van der Waals surface area contributed by atoms with Crippen molar-refractivity contribution < 1.29 is 39.8 Å². The molecule has 1 saturated heterocycles. The molecule has 7 atom stereocenters. The molecular formula is C75H137NO8. The summed E-state index contributed by atoms with van der Waals surface area (Å²) in [6, 6.07) is -0.825. The highest BCUT2D eigenvalue weighted by Crippen LogP contribution is 2.23. The Balaban J connectivity index is 2.12. The standard InChI is InChI=1S/C75H137NO8/c1-3-5-7-9-11-13-15-17-19-21-23-25-27-29-31-33-34-35-36-37-39-41-43-45-47-49-51-53-55-57-59-61-63-65-71(79)76-68(67-83-75-74(82)73(81)72(80)70(66-77)84-75)69(78)64-62-60-58-56-54-52-50-48-46-44-42-40-38-32-30-28-26-24-22-20-18-16-14-12-10-8-6-4-2/h5,7,11,13,17,19,23,25,54,56,62,64,68-70,72-75,77-78,80-82H,3-4,6,8-10,12,14-16,18,20-22,24,26-53,55,57-61,63,65-67H2,1-2H3,(H,76,79)/b7-5-,13-11-,19-17-,25-23-,56-54+,64-62+. The third-order valence-corrected chi connectivity index (χ3v) is 17.0. The molecule has 1 aliphatic rings. The van der Waals surface area contributed by atoms with E-state index in [9.17, 15) is 30.3 Å². The lowest BCUT2D eigenvalue weighted by molar-refractivity contribution is -0.302. The van der Waals surface area contributed by atoms with Crippen molar-refractivity contribution in [2.75, 3.05) is 13.2 Å². The highest BCUT2D eigenvalue weighted by Gasteiger charge is 2.44. The molecule has 1 aliphatic heterocycles. The highest BCUT2D eigenvalue weighted by molar-refractivity contribution is 5.76. The van der Waals surface area contributed by atoms with Crippen LogP contribution in [0.2, 0.25) is 0 Å². The number of hydrogen-bond donors (Lipinski definition) is 6. The fraction of sp³-hybridized carbons (Fsp3) is 0.827. The van der Waals surface area contributed by atoms with Gasteiger partial charge in [-0.2, -0.15) is 0 Å². The quantitative estimate of drug-likeness (QED) is 0.0261. The second kappa shape index (κ2) is 63.6. The van der Waals surface area contributed by atoms with Gasteiger partial charge in [-0.1, -0.05) is 337 Å². The maximum atomic E-state index is 13.1. The summed E-state index contributed by atoms with van der Waals surface area (Å²) < 4.78 is 11.3. The Morgan fingerprint density at radius 1 is 0.417 bits per heavy atom. The molecule has 0 saturated carbocycles. The van der Waals surface area contributed by atoms with Crippen molar-refractivity contribution in [2.45, 2.75) is 384 Å². The van der Waals surface area contributed by atoms with Crippen LogP contribution in [0.3, 0.4) is 0 Å². The molecule has 9 heteroatoms. The Bertz CT molecular complexity index is 1560. The molecule has 7 unspecified atom stereocenters. The maximum Gasteiger partial charge on any atom is 0.220 e. The Kier molecular flexibility index (Phi) is 60.3. The van der Waals surface area contributed by atoms with Gasteiger partial charge in [0.25, 0.3) is 0 Å². The second-order valence-electron chi connectivity index (χ2n) is 25.0. The number of nitrogens with one attached hydrogen (secondary N) is 1. The number of allylic oxidation sites excluding steroid dienone is 11. The van der Waals surface area contributed by atoms with E-state index < -0.39 is 49.5 Å². The van der Waals surface area contributed by atoms with E-state index in [0.717, 1.165) is 64.2 Å². The summed E-state index contributed by atoms with van der Waals surface area (Å²) in [7, 11) is 0. The molecule has 1 heterocycles. The minimum Gasteiger partial charge on any atom is -0.394 e. The van der Waals surface area contributed by atoms with E-state index in [4.69, 9.17) is 9.47 Å². The van der Waals surface area contributed by atoms with Gasteiger partial charge in [0, 0.05) is 6.42 Å². The molecule has 0 aromatic heterocycles. The highest BCUT2D eigenvalue weighted by atomic mass is 16.7. The normalized spacial score (nSPS) is 18.6. The first-order chi connectivity index (χ1) is 41.3. The fourth-order valence-corrected chi connectivity index (χ4v) is 11.4. The van der Waals surface area contributed by atoms with Gasteiger partial charge in [0.2, 0.25) is 5.91 Å². The molecule has 1 amide bonds. The molecule has 0 radical (unpaired) electrons. The van der Waals surface area contributed by atoms with Crippen molar-refractivity contribution in [3.63, 3.8) is 0 Å². The molecule has 6 N–H and O–H groups in total. The van der Waals surface area contributed by atoms with Crippen LogP contribution >= 0.6 is 0 Å². The number of hydrogen-bond acceptors (Lipinski definition) is 8. The number of carbonyl (C=O) groups is 1. The lowest BCUT2D eigenvalue weighted by Crippen LogP contribution is -2.60. The van der Waals surface area contributed by atoms with E-state index in [-0.39, 0.29) is 12.5 Å². The van der Waals surface area contributed by atoms with Crippen LogP contribution in [0.1, 0.15) is 341 Å². The summed E-state index contributed by atoms with van der Waals surface area (Å²) in [5, 5.41) is 54.8. The third kappa shape index (κ3) is 51.7. The smallest absolute Gasteiger partial charge is 0.220 e. The number of rotatable bonds is 63. The Labute approximate surface area is 519 Å². The number of aliphatic hydroxyl groups excluding tert-OH is 5. The van der Waals surface area contributed by atoms with Gasteiger partial charge < -0.3 is 40.3 Å². The van der Waals surface area contributed by atoms with E-state index in [1.54, 1.807) is 6.08 Å². The minimum atomic E-state index is -1.57. The summed E-state index contributed by atoms with van der Waals surface area (Å²) in [5.74, 6) is -0.182. The molecule has 84 heavy (non-hydrogen) atoms. The topological polar surface area (TPSA) is 149 Å². The van der Waals surface area contributed by atoms with Crippen LogP contribution in [0.4, 0.5) is 0 Å². The molecule has 9 nitrogen and oxygen atoms in total. The van der Waals surface area contributed by atoms with Gasteiger partial charge in [-0.15, -0.1) is 0 Å². The summed E-state index contributed by atoms with van der Waals surface area (Å²) in [4.78, 5) is 13.1. The largest absolute Gasteiger partial charge is 0.394 e. The molecule has 1 fully saturated rings. The summed E-state index contributed by atoms with van der Waals surface area (Å²) in [6.45, 7) is 3.70. The molecular weight excluding hydrogens is 1040 g/mol. The summed E-state index contributed by atoms with van der Waals surface area (Å²) in [6.07, 6.45) is 83.1. The van der Waals surface area contributed by atoms with E-state index in [2.05, 4.69) is 79.9 Å². The number of carbonyl (C=O) groups excluding carboxylic acids is 1. The Morgan fingerprint density at radius 2 is 0.750 bits per heavy atom. The molecule has 0 aromatic rings. The Morgan fingerprint density at radius 3 is 1.14 bits per heavy atom. The predicted octanol–water partition coefficient (Wildman–Crippen LogP) is 19.9. The van der Waals surface area contributed by atoms with E-state index >= 15 is 0 Å². The average Bonchev–Trinajstić information content (AvgIpc) is 3.70. The van der Waals surface area contributed by atoms with Crippen LogP contribution in [0.5, 0.6) is 0 Å². The van der Waals surface area contributed by atoms with Crippen molar-refractivity contribution >= 4 is 5.91 Å². The van der Waals surface area contributed by atoms with Crippen LogP contribution in [-0.2, 0) is 14.3 Å². The van der Waals surface area contributed by atoms with Crippen molar-refractivity contribution in [3.05, 3.63) is 72.9 Å². The van der Waals surface area contributed by atoms with Gasteiger partial charge in [-0.05, 0) is 70.6 Å². The maximum absolute atomic E-state index is 13.1. The van der Waals surface area contributed by atoms with Crippen LogP contribution in [-0.4, -0.2) is 87.5 Å². The first-order valence-electron chi connectivity index (χ1n) is 36.2. The molecule has 0 aliphatic carbocycles. The zero-order valence-corrected chi connectivity index (χ0v) is 54.9. The number of unbranched alkanes of at least 4 members (excludes halogenated alkanes) is 43. The first-order valence-corrected chi connectivity index (χ1v) is 36.2. The lowest BCUT2D eigenvalue weighted by Gasteiger charge is -2.40. The van der Waals surface area contributed by atoms with Gasteiger partial charge in [-0.25, -0.2) is 0 Å². The van der Waals surface area contributed by atoms with E-state index in [0.29, 0.717) is 6.42 Å². The SMILES string of the molecule is CC/C=C\C/C=C\C/C=C\C/C=C\CCCCCCCCCCCCCCCCCCCCCCC(=O)NC(COC1OC(CO)C(O)C(O)C1O)C(O)/C=C/CC/C=C/CCCCCCCCCCCCCCCCCCCCCCCC. The monoisotopic (exact) mass is 1180 g/mol. The fourth-order valence-electron chi connectivity index (χ4n) is 11.4. The van der Waals surface area contributed by atoms with Gasteiger partial charge in [0.15, 0.2) is 6.29 Å². The molecule has 0 spiro atoms. The molecule has 490 valence electrons. The predicted molar refractivity (Wildman–Crippen MR) is 359 cm³/mol. The summed E-state index contributed by atoms with van der Waals surface area (Å²) in [5.41, 5.74) is 0. The van der Waals surface area contributed by atoms with Gasteiger partial charge >= 0.3 is 0 Å². The number of ether oxygens (including phenoxy) is 2.